The van der Waals surface area contributed by atoms with Crippen LogP contribution in [0.25, 0.3) is 0 Å². The Morgan fingerprint density at radius 2 is 2.25 bits per heavy atom. The van der Waals surface area contributed by atoms with Crippen LogP contribution in [0.3, 0.4) is 0 Å². The van der Waals surface area contributed by atoms with Gasteiger partial charge >= 0.3 is 0 Å². The maximum atomic E-state index is 9.76. The normalized spacial score (nSPS) is 28.9. The van der Waals surface area contributed by atoms with Crippen molar-refractivity contribution in [3.63, 3.8) is 0 Å². The Kier molecular flexibility index (Phi) is 3.00. The second-order valence-corrected chi connectivity index (χ2v) is 5.39. The Balaban J connectivity index is 2.33. The highest BCUT2D eigenvalue weighted by Gasteiger charge is 2.41. The third kappa shape index (κ3) is 2.11. The molecule has 0 aromatic carbocycles. The third-order valence-corrected chi connectivity index (χ3v) is 3.50. The molecule has 1 atom stereocenters. The number of hydrogen-bond acceptors (Lipinski definition) is 3. The maximum Gasteiger partial charge on any atom is 0.0544 e. The predicted molar refractivity (Wildman–Crippen MR) is 64.3 cm³/mol. The number of aromatic nitrogens is 1. The van der Waals surface area contributed by atoms with Gasteiger partial charge in [-0.3, -0.25) is 4.98 Å². The monoisotopic (exact) mass is 220 g/mol. The van der Waals surface area contributed by atoms with Crippen LogP contribution in [0.4, 0.5) is 0 Å². The molecule has 2 heterocycles. The molecular weight excluding hydrogens is 200 g/mol. The molecular formula is C13H20N2O. The molecule has 1 aliphatic heterocycles. The fourth-order valence-electron chi connectivity index (χ4n) is 2.75. The molecule has 1 fully saturated rings. The highest BCUT2D eigenvalue weighted by atomic mass is 16.3. The first-order valence-corrected chi connectivity index (χ1v) is 5.85. The van der Waals surface area contributed by atoms with Crippen molar-refractivity contribution in [2.24, 2.45) is 0 Å². The number of nitrogens with one attached hydrogen (secondary N) is 1. The molecule has 0 amide bonds. The maximum absolute atomic E-state index is 9.76. The zero-order valence-corrected chi connectivity index (χ0v) is 10.0. The fourth-order valence-corrected chi connectivity index (χ4v) is 2.75. The summed E-state index contributed by atoms with van der Waals surface area (Å²) < 4.78 is 0. The minimum absolute atomic E-state index is 0.0680. The van der Waals surface area contributed by atoms with Gasteiger partial charge in [0.25, 0.3) is 0 Å². The van der Waals surface area contributed by atoms with Gasteiger partial charge in [-0.15, -0.1) is 0 Å². The molecule has 1 saturated heterocycles. The van der Waals surface area contributed by atoms with Crippen LogP contribution in [0.1, 0.15) is 32.4 Å². The van der Waals surface area contributed by atoms with Crippen molar-refractivity contribution in [1.29, 1.82) is 0 Å². The molecule has 1 aliphatic rings. The fraction of sp³-hybridized carbons (Fsp3) is 0.615. The number of aliphatic hydroxyl groups is 1. The zero-order valence-electron chi connectivity index (χ0n) is 10.0. The van der Waals surface area contributed by atoms with E-state index in [2.05, 4.69) is 24.1 Å². The van der Waals surface area contributed by atoms with E-state index in [9.17, 15) is 5.11 Å². The summed E-state index contributed by atoms with van der Waals surface area (Å²) in [5, 5.41) is 13.2. The van der Waals surface area contributed by atoms with E-state index in [-0.39, 0.29) is 17.6 Å². The molecule has 88 valence electrons. The lowest BCUT2D eigenvalue weighted by Gasteiger charge is -2.44. The summed E-state index contributed by atoms with van der Waals surface area (Å²) in [4.78, 5) is 4.42. The average Bonchev–Trinajstić information content (AvgIpc) is 2.29. The highest BCUT2D eigenvalue weighted by Crippen LogP contribution is 2.37. The summed E-state index contributed by atoms with van der Waals surface area (Å²) in [7, 11) is 0. The SMILES string of the molecule is CC1(C)CC(CO)(c2ccccn2)CCN1. The molecule has 1 unspecified atom stereocenters. The van der Waals surface area contributed by atoms with Crippen LogP contribution in [-0.2, 0) is 5.41 Å². The third-order valence-electron chi connectivity index (χ3n) is 3.50. The van der Waals surface area contributed by atoms with Crippen LogP contribution in [0.15, 0.2) is 24.4 Å². The number of nitrogens with zero attached hydrogens (tertiary/aromatic N) is 1. The molecule has 3 nitrogen and oxygen atoms in total. The smallest absolute Gasteiger partial charge is 0.0544 e. The number of piperidine rings is 1. The lowest BCUT2D eigenvalue weighted by molar-refractivity contribution is 0.109. The van der Waals surface area contributed by atoms with E-state index in [1.54, 1.807) is 0 Å². The van der Waals surface area contributed by atoms with Gasteiger partial charge in [0.15, 0.2) is 0 Å². The van der Waals surface area contributed by atoms with E-state index in [0.717, 1.165) is 25.1 Å². The standard InChI is InChI=1S/C13H20N2O/c1-12(2)9-13(10-16,6-8-15-12)11-5-3-4-7-14-11/h3-5,7,15-16H,6,8-10H2,1-2H3. The van der Waals surface area contributed by atoms with Crippen LogP contribution in [0.5, 0.6) is 0 Å². The molecule has 0 saturated carbocycles. The summed E-state index contributed by atoms with van der Waals surface area (Å²) in [6.07, 6.45) is 3.68. The molecule has 0 radical (unpaired) electrons. The summed E-state index contributed by atoms with van der Waals surface area (Å²) in [6, 6.07) is 5.94. The van der Waals surface area contributed by atoms with Crippen molar-refractivity contribution in [2.75, 3.05) is 13.2 Å². The first-order chi connectivity index (χ1) is 7.58. The first kappa shape index (κ1) is 11.6. The average molecular weight is 220 g/mol. The zero-order chi connectivity index (χ0) is 11.6. The van der Waals surface area contributed by atoms with E-state index in [0.29, 0.717) is 0 Å². The molecule has 2 N–H and O–H groups in total. The quantitative estimate of drug-likeness (QED) is 0.793. The second kappa shape index (κ2) is 4.15. The number of rotatable bonds is 2. The van der Waals surface area contributed by atoms with E-state index >= 15 is 0 Å². The molecule has 1 aromatic rings. The Morgan fingerprint density at radius 3 is 2.81 bits per heavy atom. The molecule has 0 spiro atoms. The molecule has 0 bridgehead atoms. The minimum Gasteiger partial charge on any atom is -0.395 e. The van der Waals surface area contributed by atoms with Gasteiger partial charge in [0.1, 0.15) is 0 Å². The van der Waals surface area contributed by atoms with Gasteiger partial charge < -0.3 is 10.4 Å². The Hall–Kier alpha value is -0.930. The molecule has 2 rings (SSSR count). The Bertz CT molecular complexity index is 350. The van der Waals surface area contributed by atoms with E-state index in [1.165, 1.54) is 0 Å². The van der Waals surface area contributed by atoms with Crippen molar-refractivity contribution in [3.05, 3.63) is 30.1 Å². The van der Waals surface area contributed by atoms with Gasteiger partial charge in [-0.05, 0) is 45.4 Å². The van der Waals surface area contributed by atoms with Gasteiger partial charge in [-0.2, -0.15) is 0 Å². The Morgan fingerprint density at radius 1 is 1.44 bits per heavy atom. The van der Waals surface area contributed by atoms with Gasteiger partial charge in [0.2, 0.25) is 0 Å². The highest BCUT2D eigenvalue weighted by molar-refractivity contribution is 5.20. The first-order valence-electron chi connectivity index (χ1n) is 5.85. The molecule has 1 aromatic heterocycles. The number of pyridine rings is 1. The van der Waals surface area contributed by atoms with Crippen LogP contribution < -0.4 is 5.32 Å². The molecule has 3 heteroatoms. The summed E-state index contributed by atoms with van der Waals surface area (Å²) in [5.74, 6) is 0. The minimum atomic E-state index is -0.171. The van der Waals surface area contributed by atoms with Gasteiger partial charge in [0.05, 0.1) is 6.61 Å². The predicted octanol–water partition coefficient (Wildman–Crippen LogP) is 1.47. The van der Waals surface area contributed by atoms with Gasteiger partial charge in [0, 0.05) is 22.8 Å². The van der Waals surface area contributed by atoms with Crippen molar-refractivity contribution < 1.29 is 5.11 Å². The van der Waals surface area contributed by atoms with Crippen LogP contribution >= 0.6 is 0 Å². The van der Waals surface area contributed by atoms with Crippen molar-refractivity contribution in [1.82, 2.24) is 10.3 Å². The molecule has 0 aliphatic carbocycles. The van der Waals surface area contributed by atoms with E-state index < -0.39 is 0 Å². The number of aliphatic hydroxyl groups excluding tert-OH is 1. The van der Waals surface area contributed by atoms with Crippen LogP contribution in [0.2, 0.25) is 0 Å². The number of hydrogen-bond donors (Lipinski definition) is 2. The Labute approximate surface area is 96.9 Å². The summed E-state index contributed by atoms with van der Waals surface area (Å²) in [5.41, 5.74) is 0.918. The van der Waals surface area contributed by atoms with E-state index in [4.69, 9.17) is 0 Å². The van der Waals surface area contributed by atoms with Gasteiger partial charge in [-0.1, -0.05) is 6.07 Å². The van der Waals surface area contributed by atoms with Gasteiger partial charge in [-0.25, -0.2) is 0 Å². The lowest BCUT2D eigenvalue weighted by atomic mass is 9.70. The largest absolute Gasteiger partial charge is 0.395 e. The van der Waals surface area contributed by atoms with Crippen molar-refractivity contribution in [2.45, 2.75) is 37.6 Å². The molecule has 16 heavy (non-hydrogen) atoms. The van der Waals surface area contributed by atoms with E-state index in [1.807, 2.05) is 24.4 Å². The lowest BCUT2D eigenvalue weighted by Crippen LogP contribution is -2.54. The topological polar surface area (TPSA) is 45.2 Å². The van der Waals surface area contributed by atoms with Crippen LogP contribution in [0, 0.1) is 0 Å². The second-order valence-electron chi connectivity index (χ2n) is 5.39. The summed E-state index contributed by atoms with van der Waals surface area (Å²) in [6.45, 7) is 5.47. The van der Waals surface area contributed by atoms with Crippen LogP contribution in [-0.4, -0.2) is 28.8 Å². The summed E-state index contributed by atoms with van der Waals surface area (Å²) >= 11 is 0. The van der Waals surface area contributed by atoms with Crippen molar-refractivity contribution >= 4 is 0 Å². The van der Waals surface area contributed by atoms with Crippen molar-refractivity contribution in [3.8, 4) is 0 Å².